The summed E-state index contributed by atoms with van der Waals surface area (Å²) in [6.07, 6.45) is -3.84. The van der Waals surface area contributed by atoms with E-state index in [-0.39, 0.29) is 11.1 Å². The van der Waals surface area contributed by atoms with Crippen molar-refractivity contribution in [1.82, 2.24) is 9.97 Å². The minimum absolute atomic E-state index is 0.263. The Morgan fingerprint density at radius 2 is 1.95 bits per heavy atom. The van der Waals surface area contributed by atoms with Crippen molar-refractivity contribution < 1.29 is 22.7 Å². The lowest BCUT2D eigenvalue weighted by molar-refractivity contribution is -0.137. The average Bonchev–Trinajstić information content (AvgIpc) is 2.34. The number of nitrogens with zero attached hydrogens (tertiary/aromatic N) is 2. The van der Waals surface area contributed by atoms with Crippen LogP contribution >= 0.6 is 11.6 Å². The van der Waals surface area contributed by atoms with Gasteiger partial charge in [-0.3, -0.25) is 0 Å². The van der Waals surface area contributed by atoms with E-state index in [4.69, 9.17) is 11.6 Å². The molecule has 4 nitrogen and oxygen atoms in total. The first-order valence-electron chi connectivity index (χ1n) is 5.12. The normalized spacial score (nSPS) is 11.4. The Hall–Kier alpha value is -2.09. The maximum Gasteiger partial charge on any atom is 0.418 e. The van der Waals surface area contributed by atoms with Crippen molar-refractivity contribution in [2.45, 2.75) is 6.18 Å². The molecular formula is C11H6ClF4N3O. The first-order chi connectivity index (χ1) is 9.27. The van der Waals surface area contributed by atoms with Crippen LogP contribution in [-0.4, -0.2) is 15.1 Å². The van der Waals surface area contributed by atoms with Crippen molar-refractivity contribution in [3.05, 3.63) is 41.1 Å². The smallest absolute Gasteiger partial charge is 0.418 e. The Morgan fingerprint density at radius 1 is 1.25 bits per heavy atom. The molecule has 0 aliphatic heterocycles. The second-order valence-electron chi connectivity index (χ2n) is 3.69. The third kappa shape index (κ3) is 3.08. The van der Waals surface area contributed by atoms with Crippen LogP contribution in [0.5, 0.6) is 5.75 Å². The van der Waals surface area contributed by atoms with E-state index in [1.54, 1.807) is 0 Å². The Labute approximate surface area is 115 Å². The van der Waals surface area contributed by atoms with E-state index in [0.29, 0.717) is 6.07 Å². The van der Waals surface area contributed by atoms with E-state index < -0.39 is 29.0 Å². The van der Waals surface area contributed by atoms with Gasteiger partial charge in [0.05, 0.1) is 17.4 Å². The van der Waals surface area contributed by atoms with Gasteiger partial charge in [-0.25, -0.2) is 9.37 Å². The summed E-state index contributed by atoms with van der Waals surface area (Å²) in [5.41, 5.74) is -1.70. The maximum atomic E-state index is 12.9. The molecule has 106 valence electrons. The fourth-order valence-corrected chi connectivity index (χ4v) is 1.57. The van der Waals surface area contributed by atoms with Crippen molar-refractivity contribution in [2.75, 3.05) is 5.32 Å². The van der Waals surface area contributed by atoms with Crippen LogP contribution in [0.4, 0.5) is 29.1 Å². The van der Waals surface area contributed by atoms with Gasteiger partial charge in [0.15, 0.2) is 11.6 Å². The van der Waals surface area contributed by atoms with Crippen molar-refractivity contribution in [1.29, 1.82) is 0 Å². The summed E-state index contributed by atoms with van der Waals surface area (Å²) >= 11 is 5.48. The zero-order chi connectivity index (χ0) is 14.9. The first-order valence-corrected chi connectivity index (χ1v) is 5.50. The number of alkyl halides is 3. The molecule has 1 aromatic heterocycles. The predicted molar refractivity (Wildman–Crippen MR) is 63.4 cm³/mol. The van der Waals surface area contributed by atoms with Gasteiger partial charge in [-0.15, -0.1) is 0 Å². The molecule has 0 atom stereocenters. The Kier molecular flexibility index (Phi) is 3.67. The fraction of sp³-hybridized carbons (Fsp3) is 0.0909. The molecule has 0 amide bonds. The van der Waals surface area contributed by atoms with Crippen LogP contribution in [-0.2, 0) is 6.18 Å². The number of benzene rings is 1. The Balaban J connectivity index is 2.46. The number of rotatable bonds is 2. The number of halogens is 5. The highest BCUT2D eigenvalue weighted by Crippen LogP contribution is 2.37. The molecular weight excluding hydrogens is 302 g/mol. The molecule has 0 saturated heterocycles. The van der Waals surface area contributed by atoms with Crippen LogP contribution in [0.25, 0.3) is 0 Å². The molecule has 0 fully saturated rings. The third-order valence-electron chi connectivity index (χ3n) is 2.28. The van der Waals surface area contributed by atoms with Crippen molar-refractivity contribution in [3.63, 3.8) is 0 Å². The van der Waals surface area contributed by atoms with E-state index in [1.807, 2.05) is 0 Å². The Morgan fingerprint density at radius 3 is 2.60 bits per heavy atom. The summed E-state index contributed by atoms with van der Waals surface area (Å²) in [4.78, 5) is 6.99. The fourth-order valence-electron chi connectivity index (χ4n) is 1.43. The standard InChI is InChI=1S/C11H6ClF4N3O/c12-10-17-4-8(20)9(19-10)18-7-2-1-5(13)3-6(7)11(14,15)16/h1-4,20H,(H,17,18,19). The van der Waals surface area contributed by atoms with Gasteiger partial charge in [-0.2, -0.15) is 18.2 Å². The van der Waals surface area contributed by atoms with E-state index in [0.717, 1.165) is 18.3 Å². The number of hydrogen-bond donors (Lipinski definition) is 2. The van der Waals surface area contributed by atoms with Gasteiger partial charge in [0.25, 0.3) is 0 Å². The van der Waals surface area contributed by atoms with E-state index >= 15 is 0 Å². The highest BCUT2D eigenvalue weighted by atomic mass is 35.5. The monoisotopic (exact) mass is 307 g/mol. The summed E-state index contributed by atoms with van der Waals surface area (Å²) in [6, 6.07) is 2.06. The van der Waals surface area contributed by atoms with Crippen LogP contribution in [0.15, 0.2) is 24.4 Å². The van der Waals surface area contributed by atoms with Gasteiger partial charge in [0, 0.05) is 0 Å². The molecule has 0 aliphatic carbocycles. The zero-order valence-corrected chi connectivity index (χ0v) is 10.3. The van der Waals surface area contributed by atoms with E-state index in [2.05, 4.69) is 15.3 Å². The second kappa shape index (κ2) is 5.12. The van der Waals surface area contributed by atoms with Crippen LogP contribution in [0.1, 0.15) is 5.56 Å². The van der Waals surface area contributed by atoms with Gasteiger partial charge < -0.3 is 10.4 Å². The maximum absolute atomic E-state index is 12.9. The number of anilines is 2. The molecule has 9 heteroatoms. The van der Waals surface area contributed by atoms with Crippen LogP contribution in [0, 0.1) is 5.82 Å². The molecule has 1 aromatic carbocycles. The molecule has 2 rings (SSSR count). The van der Waals surface area contributed by atoms with Crippen LogP contribution in [0.2, 0.25) is 5.28 Å². The largest absolute Gasteiger partial charge is 0.503 e. The molecule has 0 spiro atoms. The van der Waals surface area contributed by atoms with E-state index in [9.17, 15) is 22.7 Å². The van der Waals surface area contributed by atoms with Crippen molar-refractivity contribution >= 4 is 23.1 Å². The summed E-state index contributed by atoms with van der Waals surface area (Å²) in [5, 5.41) is 11.4. The molecule has 0 radical (unpaired) electrons. The molecule has 0 saturated carbocycles. The first kappa shape index (κ1) is 14.3. The number of nitrogens with one attached hydrogen (secondary N) is 1. The SMILES string of the molecule is Oc1cnc(Cl)nc1Nc1ccc(F)cc1C(F)(F)F. The molecule has 0 unspecified atom stereocenters. The lowest BCUT2D eigenvalue weighted by Gasteiger charge is -2.14. The minimum atomic E-state index is -4.77. The zero-order valence-electron chi connectivity index (χ0n) is 9.54. The van der Waals surface area contributed by atoms with E-state index in [1.165, 1.54) is 0 Å². The Bertz CT molecular complexity index is 648. The molecule has 1 heterocycles. The summed E-state index contributed by atoms with van der Waals surface area (Å²) < 4.78 is 51.3. The van der Waals surface area contributed by atoms with Crippen molar-refractivity contribution in [2.24, 2.45) is 0 Å². The molecule has 2 aromatic rings. The van der Waals surface area contributed by atoms with Crippen LogP contribution in [0.3, 0.4) is 0 Å². The topological polar surface area (TPSA) is 58.0 Å². The van der Waals surface area contributed by atoms with Gasteiger partial charge in [0.1, 0.15) is 5.82 Å². The van der Waals surface area contributed by atoms with Crippen molar-refractivity contribution in [3.8, 4) is 5.75 Å². The third-order valence-corrected chi connectivity index (χ3v) is 2.46. The van der Waals surface area contributed by atoms with Gasteiger partial charge in [-0.1, -0.05) is 0 Å². The average molecular weight is 308 g/mol. The summed E-state index contributed by atoms with van der Waals surface area (Å²) in [7, 11) is 0. The summed E-state index contributed by atoms with van der Waals surface area (Å²) in [6.45, 7) is 0. The minimum Gasteiger partial charge on any atom is -0.503 e. The molecule has 0 aliphatic rings. The highest BCUT2D eigenvalue weighted by molar-refractivity contribution is 6.28. The van der Waals surface area contributed by atoms with Gasteiger partial charge in [-0.05, 0) is 29.8 Å². The number of hydrogen-bond acceptors (Lipinski definition) is 4. The highest BCUT2D eigenvalue weighted by Gasteiger charge is 2.34. The van der Waals surface area contributed by atoms with Crippen LogP contribution < -0.4 is 5.32 Å². The molecule has 20 heavy (non-hydrogen) atoms. The number of aromatic hydroxyl groups is 1. The second-order valence-corrected chi connectivity index (χ2v) is 4.02. The lowest BCUT2D eigenvalue weighted by atomic mass is 10.1. The molecule has 2 N–H and O–H groups in total. The quantitative estimate of drug-likeness (QED) is 0.655. The predicted octanol–water partition coefficient (Wildman–Crippen LogP) is 3.74. The van der Waals surface area contributed by atoms with Gasteiger partial charge >= 0.3 is 6.18 Å². The van der Waals surface area contributed by atoms with Gasteiger partial charge in [0.2, 0.25) is 5.28 Å². The number of aromatic nitrogens is 2. The molecule has 0 bridgehead atoms. The summed E-state index contributed by atoms with van der Waals surface area (Å²) in [5.74, 6) is -1.85. The lowest BCUT2D eigenvalue weighted by Crippen LogP contribution is -2.10.